The van der Waals surface area contributed by atoms with E-state index in [-0.39, 0.29) is 5.92 Å². The summed E-state index contributed by atoms with van der Waals surface area (Å²) in [7, 11) is -2.05. The van der Waals surface area contributed by atoms with Gasteiger partial charge in [0.15, 0.2) is 8.32 Å². The van der Waals surface area contributed by atoms with Crippen LogP contribution in [-0.2, 0) is 10.0 Å². The lowest BCUT2D eigenvalue weighted by Gasteiger charge is -2.48. The van der Waals surface area contributed by atoms with E-state index < -0.39 is 13.9 Å². The lowest BCUT2D eigenvalue weighted by Crippen LogP contribution is -2.49. The molecule has 34 heavy (non-hydrogen) atoms. The van der Waals surface area contributed by atoms with Crippen molar-refractivity contribution in [3.05, 3.63) is 144 Å². The van der Waals surface area contributed by atoms with Crippen LogP contribution in [0.25, 0.3) is 0 Å². The Hall–Kier alpha value is -2.94. The van der Waals surface area contributed by atoms with E-state index in [4.69, 9.17) is 4.43 Å². The van der Waals surface area contributed by atoms with E-state index in [1.165, 1.54) is 22.3 Å². The fourth-order valence-corrected chi connectivity index (χ4v) is 8.28. The van der Waals surface area contributed by atoms with Gasteiger partial charge < -0.3 is 4.43 Å². The van der Waals surface area contributed by atoms with Gasteiger partial charge in [0.1, 0.15) is 5.60 Å². The Kier molecular flexibility index (Phi) is 7.82. The van der Waals surface area contributed by atoms with Crippen molar-refractivity contribution in [2.75, 3.05) is 0 Å². The first-order valence-electron chi connectivity index (χ1n) is 12.6. The zero-order valence-corrected chi connectivity index (χ0v) is 21.7. The smallest absolute Gasteiger partial charge is 0.193 e. The molecule has 0 amide bonds. The molecule has 0 aliphatic heterocycles. The molecule has 0 spiro atoms. The summed E-state index contributed by atoms with van der Waals surface area (Å²) in [5.74, 6) is 0.0104. The zero-order valence-electron chi connectivity index (χ0n) is 20.7. The van der Waals surface area contributed by atoms with Gasteiger partial charge in [-0.2, -0.15) is 0 Å². The van der Waals surface area contributed by atoms with E-state index >= 15 is 0 Å². The minimum absolute atomic E-state index is 0.0104. The van der Waals surface area contributed by atoms with Crippen LogP contribution in [0.2, 0.25) is 18.1 Å². The van der Waals surface area contributed by atoms with Crippen LogP contribution in [0.5, 0.6) is 0 Å². The molecule has 0 aromatic heterocycles. The largest absolute Gasteiger partial charge is 0.402 e. The van der Waals surface area contributed by atoms with Crippen molar-refractivity contribution in [1.29, 1.82) is 0 Å². The SMILES string of the molecule is CC[Si](CC)(CC)OC(c1ccccc1)(c1ccccc1)C(c1ccccc1)c1ccccc1. The lowest BCUT2D eigenvalue weighted by molar-refractivity contribution is 0.0777. The van der Waals surface area contributed by atoms with Gasteiger partial charge in [0.2, 0.25) is 0 Å². The first kappa shape index (κ1) is 24.2. The summed E-state index contributed by atoms with van der Waals surface area (Å²) in [5, 5.41) is 0. The van der Waals surface area contributed by atoms with Crippen molar-refractivity contribution in [2.24, 2.45) is 0 Å². The Bertz CT molecular complexity index is 1040. The molecule has 4 rings (SSSR count). The van der Waals surface area contributed by atoms with Crippen molar-refractivity contribution in [1.82, 2.24) is 0 Å². The minimum Gasteiger partial charge on any atom is -0.402 e. The third-order valence-electron chi connectivity index (χ3n) is 7.39. The van der Waals surface area contributed by atoms with Gasteiger partial charge in [-0.25, -0.2) is 0 Å². The maximum absolute atomic E-state index is 7.76. The maximum Gasteiger partial charge on any atom is 0.193 e. The van der Waals surface area contributed by atoms with Gasteiger partial charge in [0.25, 0.3) is 0 Å². The van der Waals surface area contributed by atoms with Crippen molar-refractivity contribution < 1.29 is 4.43 Å². The zero-order chi connectivity index (χ0) is 23.9. The van der Waals surface area contributed by atoms with Crippen LogP contribution in [0, 0.1) is 0 Å². The normalized spacial score (nSPS) is 12.1. The summed E-state index contributed by atoms with van der Waals surface area (Å²) in [4.78, 5) is 0. The van der Waals surface area contributed by atoms with Gasteiger partial charge in [0, 0.05) is 5.92 Å². The van der Waals surface area contributed by atoms with Gasteiger partial charge in [-0.3, -0.25) is 0 Å². The Balaban J connectivity index is 2.12. The quantitative estimate of drug-likeness (QED) is 0.213. The fourth-order valence-electron chi connectivity index (χ4n) is 5.31. The van der Waals surface area contributed by atoms with Crippen LogP contribution in [0.4, 0.5) is 0 Å². The molecule has 4 aromatic rings. The van der Waals surface area contributed by atoms with Crippen molar-refractivity contribution in [3.63, 3.8) is 0 Å². The first-order chi connectivity index (χ1) is 16.7. The van der Waals surface area contributed by atoms with Crippen LogP contribution in [0.3, 0.4) is 0 Å². The minimum atomic E-state index is -2.05. The summed E-state index contributed by atoms with van der Waals surface area (Å²) in [6.45, 7) is 6.96. The van der Waals surface area contributed by atoms with E-state index in [1.54, 1.807) is 0 Å². The Morgan fingerprint density at radius 2 is 0.853 bits per heavy atom. The second kappa shape index (κ2) is 11.0. The number of rotatable bonds is 10. The molecule has 0 bridgehead atoms. The highest BCUT2D eigenvalue weighted by Crippen LogP contribution is 2.51. The molecule has 0 radical (unpaired) electrons. The molecule has 0 unspecified atom stereocenters. The summed E-state index contributed by atoms with van der Waals surface area (Å²) in [6, 6.07) is 46.9. The van der Waals surface area contributed by atoms with Crippen molar-refractivity contribution in [2.45, 2.75) is 50.4 Å². The summed E-state index contributed by atoms with van der Waals surface area (Å²) >= 11 is 0. The topological polar surface area (TPSA) is 9.23 Å². The predicted molar refractivity (Wildman–Crippen MR) is 147 cm³/mol. The maximum atomic E-state index is 7.76. The molecular formula is C32H36OSi. The monoisotopic (exact) mass is 464 g/mol. The third kappa shape index (κ3) is 4.66. The number of hydrogen-bond acceptors (Lipinski definition) is 1. The third-order valence-corrected chi connectivity index (χ3v) is 12.0. The van der Waals surface area contributed by atoms with Gasteiger partial charge in [-0.1, -0.05) is 142 Å². The number of benzene rings is 4. The van der Waals surface area contributed by atoms with E-state index in [1.807, 2.05) is 0 Å². The summed E-state index contributed by atoms with van der Waals surface area (Å²) in [6.07, 6.45) is 0. The highest BCUT2D eigenvalue weighted by atomic mass is 28.4. The molecule has 0 atom stereocenters. The standard InChI is InChI=1S/C32H36OSi/c1-4-34(5-2,6-3)33-32(29-23-15-9-16-24-29,30-25-17-10-18-26-30)31(27-19-11-7-12-20-27)28-21-13-8-14-22-28/h7-26,31H,4-6H2,1-3H3. The van der Waals surface area contributed by atoms with Crippen molar-refractivity contribution in [3.8, 4) is 0 Å². The molecule has 1 nitrogen and oxygen atoms in total. The lowest BCUT2D eigenvalue weighted by atomic mass is 9.70. The molecule has 2 heteroatoms. The molecule has 174 valence electrons. The molecule has 0 aliphatic carbocycles. The second-order valence-corrected chi connectivity index (χ2v) is 13.8. The molecule has 0 N–H and O–H groups in total. The molecule has 0 fully saturated rings. The van der Waals surface area contributed by atoms with Crippen LogP contribution in [-0.4, -0.2) is 8.32 Å². The van der Waals surface area contributed by atoms with E-state index in [9.17, 15) is 0 Å². The average Bonchev–Trinajstić information content (AvgIpc) is 2.93. The molecule has 4 aromatic carbocycles. The van der Waals surface area contributed by atoms with Gasteiger partial charge in [0.05, 0.1) is 0 Å². The highest BCUT2D eigenvalue weighted by Gasteiger charge is 2.49. The summed E-state index contributed by atoms with van der Waals surface area (Å²) in [5.41, 5.74) is 4.33. The molecule has 0 saturated carbocycles. The highest BCUT2D eigenvalue weighted by molar-refractivity contribution is 6.73. The first-order valence-corrected chi connectivity index (χ1v) is 15.1. The van der Waals surface area contributed by atoms with Crippen LogP contribution in [0.15, 0.2) is 121 Å². The van der Waals surface area contributed by atoms with Crippen molar-refractivity contribution >= 4 is 8.32 Å². The van der Waals surface area contributed by atoms with E-state index in [2.05, 4.69) is 142 Å². The van der Waals surface area contributed by atoms with Gasteiger partial charge in [-0.05, 0) is 40.4 Å². The van der Waals surface area contributed by atoms with E-state index in [0.29, 0.717) is 0 Å². The molecule has 0 heterocycles. The van der Waals surface area contributed by atoms with Crippen LogP contribution < -0.4 is 0 Å². The predicted octanol–water partition coefficient (Wildman–Crippen LogP) is 8.78. The second-order valence-electron chi connectivity index (χ2n) is 9.07. The average molecular weight is 465 g/mol. The Labute approximate surface area is 206 Å². The molecule has 0 aliphatic rings. The fraction of sp³-hybridized carbons (Fsp3) is 0.250. The van der Waals surface area contributed by atoms with Crippen LogP contribution >= 0.6 is 0 Å². The van der Waals surface area contributed by atoms with Gasteiger partial charge >= 0.3 is 0 Å². The summed E-state index contributed by atoms with van der Waals surface area (Å²) < 4.78 is 7.76. The Morgan fingerprint density at radius 1 is 0.529 bits per heavy atom. The Morgan fingerprint density at radius 3 is 1.18 bits per heavy atom. The number of hydrogen-bond donors (Lipinski definition) is 0. The molecule has 0 saturated heterocycles. The molecular weight excluding hydrogens is 428 g/mol. The van der Waals surface area contributed by atoms with Crippen LogP contribution in [0.1, 0.15) is 48.9 Å². The van der Waals surface area contributed by atoms with Gasteiger partial charge in [-0.15, -0.1) is 0 Å². The van der Waals surface area contributed by atoms with E-state index in [0.717, 1.165) is 18.1 Å².